The third-order valence-electron chi connectivity index (χ3n) is 4.12. The van der Waals surface area contributed by atoms with Gasteiger partial charge in [-0.15, -0.1) is 0 Å². The summed E-state index contributed by atoms with van der Waals surface area (Å²) in [5, 5.41) is 13.6. The summed E-state index contributed by atoms with van der Waals surface area (Å²) < 4.78 is 0. The van der Waals surface area contributed by atoms with E-state index >= 15 is 0 Å². The second kappa shape index (κ2) is 6.05. The van der Waals surface area contributed by atoms with E-state index in [4.69, 9.17) is 16.7 Å². The van der Waals surface area contributed by atoms with Gasteiger partial charge in [0, 0.05) is 23.7 Å². The van der Waals surface area contributed by atoms with Gasteiger partial charge in [-0.2, -0.15) is 0 Å². The van der Waals surface area contributed by atoms with Crippen LogP contribution in [0.2, 0.25) is 5.02 Å². The van der Waals surface area contributed by atoms with Crippen LogP contribution >= 0.6 is 11.6 Å². The zero-order valence-corrected chi connectivity index (χ0v) is 11.8. The predicted octanol–water partition coefficient (Wildman–Crippen LogP) is 3.19. The van der Waals surface area contributed by atoms with Crippen molar-refractivity contribution in [3.8, 4) is 0 Å². The average molecular weight is 268 g/mol. The van der Waals surface area contributed by atoms with E-state index in [9.17, 15) is 0 Å². The van der Waals surface area contributed by atoms with Gasteiger partial charge in [0.05, 0.1) is 0 Å². The van der Waals surface area contributed by atoms with Gasteiger partial charge >= 0.3 is 0 Å². The van der Waals surface area contributed by atoms with Crippen molar-refractivity contribution in [2.75, 3.05) is 6.61 Å². The molecule has 0 spiro atoms. The van der Waals surface area contributed by atoms with Gasteiger partial charge < -0.3 is 10.4 Å². The van der Waals surface area contributed by atoms with Crippen LogP contribution in [-0.2, 0) is 0 Å². The Morgan fingerprint density at radius 3 is 2.61 bits per heavy atom. The molecule has 1 aliphatic carbocycles. The van der Waals surface area contributed by atoms with Crippen molar-refractivity contribution in [1.82, 2.24) is 5.32 Å². The zero-order chi connectivity index (χ0) is 13.1. The minimum absolute atomic E-state index is 0.245. The minimum atomic E-state index is 0.245. The number of hydrogen-bond acceptors (Lipinski definition) is 2. The summed E-state index contributed by atoms with van der Waals surface area (Å²) in [6.45, 7) is 4.46. The Morgan fingerprint density at radius 1 is 1.33 bits per heavy atom. The maximum atomic E-state index is 9.12. The van der Waals surface area contributed by atoms with E-state index < -0.39 is 0 Å². The maximum absolute atomic E-state index is 9.12. The van der Waals surface area contributed by atoms with Gasteiger partial charge in [0.25, 0.3) is 0 Å². The third-order valence-corrected chi connectivity index (χ3v) is 4.47. The highest BCUT2D eigenvalue weighted by molar-refractivity contribution is 6.31. The summed E-state index contributed by atoms with van der Waals surface area (Å²) in [6.07, 6.45) is 2.29. The van der Waals surface area contributed by atoms with Gasteiger partial charge in [-0.1, -0.05) is 36.7 Å². The molecule has 0 aromatic heterocycles. The molecule has 18 heavy (non-hydrogen) atoms. The van der Waals surface area contributed by atoms with E-state index in [1.54, 1.807) is 0 Å². The van der Waals surface area contributed by atoms with Crippen molar-refractivity contribution >= 4 is 11.6 Å². The number of rotatable bonds is 5. The molecule has 0 bridgehead atoms. The molecule has 2 atom stereocenters. The molecular formula is C15H22ClNO. The van der Waals surface area contributed by atoms with E-state index in [0.29, 0.717) is 23.9 Å². The Bertz CT molecular complexity index is 390. The van der Waals surface area contributed by atoms with Crippen LogP contribution in [0.4, 0.5) is 0 Å². The van der Waals surface area contributed by atoms with Gasteiger partial charge in [-0.3, -0.25) is 0 Å². The van der Waals surface area contributed by atoms with Crippen molar-refractivity contribution in [2.45, 2.75) is 44.7 Å². The van der Waals surface area contributed by atoms with Crippen molar-refractivity contribution in [3.05, 3.63) is 34.9 Å². The van der Waals surface area contributed by atoms with Crippen molar-refractivity contribution < 1.29 is 5.11 Å². The Hall–Kier alpha value is -0.570. The number of aliphatic hydroxyl groups excluding tert-OH is 1. The highest BCUT2D eigenvalue weighted by atomic mass is 35.5. The lowest BCUT2D eigenvalue weighted by Crippen LogP contribution is -2.47. The van der Waals surface area contributed by atoms with Crippen LogP contribution in [-0.4, -0.2) is 23.8 Å². The van der Waals surface area contributed by atoms with E-state index in [1.807, 2.05) is 12.1 Å². The van der Waals surface area contributed by atoms with Gasteiger partial charge in [0.1, 0.15) is 0 Å². The molecule has 2 unspecified atom stereocenters. The summed E-state index contributed by atoms with van der Waals surface area (Å²) in [5.41, 5.74) is 1.28. The van der Waals surface area contributed by atoms with Crippen LogP contribution in [0.25, 0.3) is 0 Å². The minimum Gasteiger partial charge on any atom is -0.396 e. The molecule has 2 N–H and O–H groups in total. The standard InChI is InChI=1S/C15H22ClNO/c1-10(9-18)11(2)17-13-7-12(8-13)14-5-3-4-6-15(14)16/h3-6,10-13,17-18H,7-9H2,1-2H3. The van der Waals surface area contributed by atoms with Crippen molar-refractivity contribution in [1.29, 1.82) is 0 Å². The molecule has 0 aliphatic heterocycles. The molecular weight excluding hydrogens is 246 g/mol. The number of nitrogens with one attached hydrogen (secondary N) is 1. The molecule has 0 saturated heterocycles. The van der Waals surface area contributed by atoms with E-state index in [-0.39, 0.29) is 6.61 Å². The molecule has 2 nitrogen and oxygen atoms in total. The van der Waals surface area contributed by atoms with E-state index in [0.717, 1.165) is 17.9 Å². The lowest BCUT2D eigenvalue weighted by molar-refractivity contribution is 0.180. The average Bonchev–Trinajstić information content (AvgIpc) is 2.33. The summed E-state index contributed by atoms with van der Waals surface area (Å²) >= 11 is 6.20. The zero-order valence-electron chi connectivity index (χ0n) is 11.1. The van der Waals surface area contributed by atoms with Crippen LogP contribution in [0.15, 0.2) is 24.3 Å². The first-order valence-electron chi connectivity index (χ1n) is 6.73. The van der Waals surface area contributed by atoms with Crippen molar-refractivity contribution in [2.24, 2.45) is 5.92 Å². The molecule has 3 heteroatoms. The van der Waals surface area contributed by atoms with Gasteiger partial charge in [-0.25, -0.2) is 0 Å². The maximum Gasteiger partial charge on any atom is 0.0471 e. The first-order chi connectivity index (χ1) is 8.61. The van der Waals surface area contributed by atoms with Crippen LogP contribution in [0, 0.1) is 5.92 Å². The summed E-state index contributed by atoms with van der Waals surface area (Å²) in [6, 6.07) is 9.06. The van der Waals surface area contributed by atoms with E-state index in [1.165, 1.54) is 5.56 Å². The molecule has 0 heterocycles. The molecule has 100 valence electrons. The molecule has 2 rings (SSSR count). The van der Waals surface area contributed by atoms with E-state index in [2.05, 4.69) is 31.3 Å². The number of aliphatic hydroxyl groups is 1. The number of benzene rings is 1. The fourth-order valence-electron chi connectivity index (χ4n) is 2.51. The number of hydrogen-bond donors (Lipinski definition) is 2. The highest BCUT2D eigenvalue weighted by Crippen LogP contribution is 2.40. The predicted molar refractivity (Wildman–Crippen MR) is 76.1 cm³/mol. The largest absolute Gasteiger partial charge is 0.396 e. The molecule has 1 aromatic rings. The first-order valence-corrected chi connectivity index (χ1v) is 7.11. The molecule has 0 radical (unpaired) electrons. The Morgan fingerprint density at radius 2 is 2.00 bits per heavy atom. The molecule has 1 saturated carbocycles. The van der Waals surface area contributed by atoms with Crippen LogP contribution in [0.5, 0.6) is 0 Å². The SMILES string of the molecule is CC(CO)C(C)NC1CC(c2ccccc2Cl)C1. The monoisotopic (exact) mass is 267 g/mol. The summed E-state index contributed by atoms with van der Waals surface area (Å²) in [4.78, 5) is 0. The second-order valence-corrected chi connectivity index (χ2v) is 5.91. The lowest BCUT2D eigenvalue weighted by atomic mass is 9.75. The van der Waals surface area contributed by atoms with Gasteiger partial charge in [0.15, 0.2) is 0 Å². The molecule has 1 aromatic carbocycles. The van der Waals surface area contributed by atoms with Crippen LogP contribution in [0.3, 0.4) is 0 Å². The number of halogens is 1. The Labute approximate surface area is 114 Å². The van der Waals surface area contributed by atoms with Crippen molar-refractivity contribution in [3.63, 3.8) is 0 Å². The summed E-state index contributed by atoms with van der Waals surface area (Å²) in [7, 11) is 0. The Kier molecular flexibility index (Phi) is 4.66. The summed E-state index contributed by atoms with van der Waals surface area (Å²) in [5.74, 6) is 0.900. The quantitative estimate of drug-likeness (QED) is 0.859. The van der Waals surface area contributed by atoms with Crippen LogP contribution < -0.4 is 5.32 Å². The third kappa shape index (κ3) is 3.05. The topological polar surface area (TPSA) is 32.3 Å². The smallest absolute Gasteiger partial charge is 0.0471 e. The van der Waals surface area contributed by atoms with Gasteiger partial charge in [0.2, 0.25) is 0 Å². The normalized spacial score (nSPS) is 26.4. The highest BCUT2D eigenvalue weighted by Gasteiger charge is 2.32. The fraction of sp³-hybridized carbons (Fsp3) is 0.600. The molecule has 1 fully saturated rings. The fourth-order valence-corrected chi connectivity index (χ4v) is 2.80. The van der Waals surface area contributed by atoms with Gasteiger partial charge in [-0.05, 0) is 43.2 Å². The van der Waals surface area contributed by atoms with Crippen LogP contribution in [0.1, 0.15) is 38.2 Å². The molecule has 1 aliphatic rings. The first kappa shape index (κ1) is 13.9. The Balaban J connectivity index is 1.82. The second-order valence-electron chi connectivity index (χ2n) is 5.50. The lowest BCUT2D eigenvalue weighted by Gasteiger charge is -2.39. The molecule has 0 amide bonds.